The second kappa shape index (κ2) is 6.16. The molecular formula is C13H11BrN4O5. The Hall–Kier alpha value is -2.75. The van der Waals surface area contributed by atoms with Gasteiger partial charge in [-0.3, -0.25) is 24.3 Å². The van der Waals surface area contributed by atoms with Gasteiger partial charge in [-0.25, -0.2) is 4.79 Å². The maximum atomic E-state index is 12.3. The van der Waals surface area contributed by atoms with Crippen LogP contribution in [0.2, 0.25) is 0 Å². The zero-order valence-electron chi connectivity index (χ0n) is 12.1. The van der Waals surface area contributed by atoms with Crippen molar-refractivity contribution in [3.8, 4) is 0 Å². The van der Waals surface area contributed by atoms with Crippen molar-refractivity contribution in [2.75, 3.05) is 5.32 Å². The van der Waals surface area contributed by atoms with Gasteiger partial charge in [0.25, 0.3) is 17.2 Å². The Balaban J connectivity index is 2.45. The fourth-order valence-electron chi connectivity index (χ4n) is 1.88. The molecule has 1 N–H and O–H groups in total. The second-order valence-corrected chi connectivity index (χ2v) is 5.53. The van der Waals surface area contributed by atoms with Gasteiger partial charge >= 0.3 is 5.69 Å². The molecule has 0 aliphatic heterocycles. The number of halogens is 1. The van der Waals surface area contributed by atoms with E-state index in [0.717, 1.165) is 21.4 Å². The minimum atomic E-state index is -0.776. The predicted octanol–water partition coefficient (Wildman–Crippen LogP) is 1.01. The molecule has 1 aromatic carbocycles. The van der Waals surface area contributed by atoms with Gasteiger partial charge in [-0.1, -0.05) is 0 Å². The first-order valence-corrected chi connectivity index (χ1v) is 7.03. The second-order valence-electron chi connectivity index (χ2n) is 4.68. The SMILES string of the molecule is Cn1cc(C(=O)Nc2cc([N+](=O)[O-])ccc2Br)c(=O)n(C)c1=O. The Morgan fingerprint density at radius 3 is 2.57 bits per heavy atom. The van der Waals surface area contributed by atoms with Crippen LogP contribution in [-0.4, -0.2) is 20.0 Å². The quantitative estimate of drug-likeness (QED) is 0.627. The Bertz CT molecular complexity index is 931. The standard InChI is InChI=1S/C13H11BrN4O5/c1-16-6-8(12(20)17(2)13(16)21)11(19)15-10-5-7(18(22)23)3-4-9(10)14/h3-6H,1-2H3,(H,15,19). The number of nitrogens with zero attached hydrogens (tertiary/aromatic N) is 3. The normalized spacial score (nSPS) is 10.4. The van der Waals surface area contributed by atoms with Crippen molar-refractivity contribution in [3.63, 3.8) is 0 Å². The van der Waals surface area contributed by atoms with Crippen molar-refractivity contribution in [1.29, 1.82) is 0 Å². The van der Waals surface area contributed by atoms with Gasteiger partial charge in [0.2, 0.25) is 0 Å². The van der Waals surface area contributed by atoms with E-state index in [-0.39, 0.29) is 16.9 Å². The van der Waals surface area contributed by atoms with Crippen LogP contribution < -0.4 is 16.6 Å². The summed E-state index contributed by atoms with van der Waals surface area (Å²) in [6, 6.07) is 3.84. The fourth-order valence-corrected chi connectivity index (χ4v) is 2.22. The number of anilines is 1. The van der Waals surface area contributed by atoms with Crippen LogP contribution in [0, 0.1) is 10.1 Å². The third kappa shape index (κ3) is 3.21. The molecule has 1 aromatic heterocycles. The molecule has 0 unspecified atom stereocenters. The Morgan fingerprint density at radius 2 is 1.96 bits per heavy atom. The summed E-state index contributed by atoms with van der Waals surface area (Å²) >= 11 is 3.16. The largest absolute Gasteiger partial charge is 0.330 e. The molecule has 0 saturated heterocycles. The van der Waals surface area contributed by atoms with Gasteiger partial charge in [0.15, 0.2) is 0 Å². The molecule has 9 nitrogen and oxygen atoms in total. The van der Waals surface area contributed by atoms with Gasteiger partial charge in [-0.15, -0.1) is 0 Å². The summed E-state index contributed by atoms with van der Waals surface area (Å²) in [5.74, 6) is -0.776. The topological polar surface area (TPSA) is 116 Å². The van der Waals surface area contributed by atoms with Gasteiger partial charge in [0.05, 0.1) is 10.6 Å². The fraction of sp³-hybridized carbons (Fsp3) is 0.154. The molecule has 2 aromatic rings. The number of carbonyl (C=O) groups is 1. The van der Waals surface area contributed by atoms with Gasteiger partial charge in [0, 0.05) is 36.9 Å². The molecule has 1 amide bonds. The lowest BCUT2D eigenvalue weighted by atomic mass is 10.2. The molecule has 0 aliphatic carbocycles. The number of benzene rings is 1. The molecule has 120 valence electrons. The maximum absolute atomic E-state index is 12.3. The van der Waals surface area contributed by atoms with Crippen molar-refractivity contribution >= 4 is 33.2 Å². The molecule has 0 bridgehead atoms. The number of nitrogens with one attached hydrogen (secondary N) is 1. The average molecular weight is 383 g/mol. The smallest absolute Gasteiger partial charge is 0.320 e. The number of aryl methyl sites for hydroxylation is 1. The average Bonchev–Trinajstić information content (AvgIpc) is 2.50. The van der Waals surface area contributed by atoms with Gasteiger partial charge in [0.1, 0.15) is 5.56 Å². The van der Waals surface area contributed by atoms with Crippen LogP contribution in [0.25, 0.3) is 0 Å². The summed E-state index contributed by atoms with van der Waals surface area (Å²) in [4.78, 5) is 46.0. The summed E-state index contributed by atoms with van der Waals surface area (Å²) in [5.41, 5.74) is -1.65. The first kappa shape index (κ1) is 16.6. The van der Waals surface area contributed by atoms with E-state index in [1.54, 1.807) is 0 Å². The van der Waals surface area contributed by atoms with Crippen LogP contribution in [0.3, 0.4) is 0 Å². The zero-order valence-corrected chi connectivity index (χ0v) is 13.7. The molecule has 10 heteroatoms. The maximum Gasteiger partial charge on any atom is 0.330 e. The summed E-state index contributed by atoms with van der Waals surface area (Å²) in [6.45, 7) is 0. The van der Waals surface area contributed by atoms with Crippen molar-refractivity contribution in [1.82, 2.24) is 9.13 Å². The number of nitro benzene ring substituents is 1. The molecule has 0 fully saturated rings. The van der Waals surface area contributed by atoms with Crippen LogP contribution in [0.4, 0.5) is 11.4 Å². The van der Waals surface area contributed by atoms with Crippen LogP contribution in [0.15, 0.2) is 38.5 Å². The molecule has 0 saturated carbocycles. The summed E-state index contributed by atoms with van der Waals surface area (Å²) in [5, 5.41) is 13.2. The van der Waals surface area contributed by atoms with Crippen LogP contribution in [-0.2, 0) is 14.1 Å². The van der Waals surface area contributed by atoms with Crippen LogP contribution in [0.5, 0.6) is 0 Å². The monoisotopic (exact) mass is 382 g/mol. The summed E-state index contributed by atoms with van der Waals surface area (Å²) in [6.07, 6.45) is 1.12. The van der Waals surface area contributed by atoms with E-state index in [1.807, 2.05) is 0 Å². The van der Waals surface area contributed by atoms with Crippen molar-refractivity contribution in [2.45, 2.75) is 0 Å². The van der Waals surface area contributed by atoms with Crippen LogP contribution in [0.1, 0.15) is 10.4 Å². The Morgan fingerprint density at radius 1 is 1.30 bits per heavy atom. The van der Waals surface area contributed by atoms with E-state index in [1.165, 1.54) is 26.2 Å². The molecule has 23 heavy (non-hydrogen) atoms. The molecule has 1 heterocycles. The molecular weight excluding hydrogens is 372 g/mol. The number of rotatable bonds is 3. The van der Waals surface area contributed by atoms with Crippen molar-refractivity contribution in [2.24, 2.45) is 14.1 Å². The number of hydrogen-bond donors (Lipinski definition) is 1. The van der Waals surface area contributed by atoms with Gasteiger partial charge < -0.3 is 9.88 Å². The van der Waals surface area contributed by atoms with Crippen molar-refractivity contribution < 1.29 is 9.72 Å². The highest BCUT2D eigenvalue weighted by atomic mass is 79.9. The number of hydrogen-bond acceptors (Lipinski definition) is 5. The highest BCUT2D eigenvalue weighted by Gasteiger charge is 2.17. The highest BCUT2D eigenvalue weighted by molar-refractivity contribution is 9.10. The van der Waals surface area contributed by atoms with E-state index >= 15 is 0 Å². The van der Waals surface area contributed by atoms with Gasteiger partial charge in [-0.2, -0.15) is 0 Å². The first-order chi connectivity index (χ1) is 10.7. The lowest BCUT2D eigenvalue weighted by molar-refractivity contribution is -0.384. The molecule has 0 spiro atoms. The minimum absolute atomic E-state index is 0.139. The van der Waals surface area contributed by atoms with Gasteiger partial charge in [-0.05, 0) is 22.0 Å². The number of non-ortho nitro benzene ring substituents is 1. The van der Waals surface area contributed by atoms with Crippen LogP contribution >= 0.6 is 15.9 Å². The third-order valence-electron chi connectivity index (χ3n) is 3.10. The number of nitro groups is 1. The predicted molar refractivity (Wildman–Crippen MR) is 85.7 cm³/mol. The number of amides is 1. The first-order valence-electron chi connectivity index (χ1n) is 6.24. The van der Waals surface area contributed by atoms with E-state index in [9.17, 15) is 24.5 Å². The van der Waals surface area contributed by atoms with Crippen molar-refractivity contribution in [3.05, 3.63) is 65.4 Å². The van der Waals surface area contributed by atoms with E-state index in [4.69, 9.17) is 0 Å². The minimum Gasteiger partial charge on any atom is -0.320 e. The molecule has 0 radical (unpaired) electrons. The summed E-state index contributed by atoms with van der Waals surface area (Å²) < 4.78 is 2.31. The highest BCUT2D eigenvalue weighted by Crippen LogP contribution is 2.27. The third-order valence-corrected chi connectivity index (χ3v) is 3.79. The zero-order chi connectivity index (χ0) is 17.3. The molecule has 0 atom stereocenters. The Labute approximate surface area is 137 Å². The number of carbonyl (C=O) groups excluding carboxylic acids is 1. The lowest BCUT2D eigenvalue weighted by Crippen LogP contribution is -2.40. The lowest BCUT2D eigenvalue weighted by Gasteiger charge is -2.09. The van der Waals surface area contributed by atoms with E-state index in [0.29, 0.717) is 4.47 Å². The summed E-state index contributed by atoms with van der Waals surface area (Å²) in [7, 11) is 2.66. The molecule has 2 rings (SSSR count). The van der Waals surface area contributed by atoms with E-state index < -0.39 is 22.1 Å². The number of aromatic nitrogens is 2. The molecule has 0 aliphatic rings. The Kier molecular flexibility index (Phi) is 4.45. The van der Waals surface area contributed by atoms with E-state index in [2.05, 4.69) is 21.2 Å².